The molecule has 3 fully saturated rings. The van der Waals surface area contributed by atoms with E-state index in [0.29, 0.717) is 35.3 Å². The second kappa shape index (κ2) is 5.28. The second-order valence-corrected chi connectivity index (χ2v) is 8.56. The molecule has 116 valence electrons. The maximum atomic E-state index is 9.56. The Balaban J connectivity index is 1.59. The van der Waals surface area contributed by atoms with E-state index in [2.05, 4.69) is 26.1 Å². The summed E-state index contributed by atoms with van der Waals surface area (Å²) in [5, 5.41) is 13.5. The van der Waals surface area contributed by atoms with Gasteiger partial charge in [-0.3, -0.25) is 0 Å². The first kappa shape index (κ1) is 14.8. The summed E-state index contributed by atoms with van der Waals surface area (Å²) in [7, 11) is 0. The summed E-state index contributed by atoms with van der Waals surface area (Å²) < 4.78 is 0. The van der Waals surface area contributed by atoms with Crippen LogP contribution in [0.3, 0.4) is 0 Å². The normalized spacial score (nSPS) is 46.8. The van der Waals surface area contributed by atoms with E-state index in [4.69, 9.17) is 0 Å². The molecule has 0 aliphatic heterocycles. The average molecular weight is 279 g/mol. The molecule has 0 spiro atoms. The molecule has 2 N–H and O–H groups in total. The molecule has 2 heteroatoms. The van der Waals surface area contributed by atoms with E-state index in [1.165, 1.54) is 44.9 Å². The predicted molar refractivity (Wildman–Crippen MR) is 83.6 cm³/mol. The number of aliphatic hydroxyl groups is 1. The van der Waals surface area contributed by atoms with Gasteiger partial charge in [-0.15, -0.1) is 0 Å². The van der Waals surface area contributed by atoms with Crippen molar-refractivity contribution in [3.63, 3.8) is 0 Å². The van der Waals surface area contributed by atoms with Crippen molar-refractivity contribution in [2.75, 3.05) is 13.2 Å². The lowest BCUT2D eigenvalue weighted by Gasteiger charge is -2.41. The van der Waals surface area contributed by atoms with Crippen molar-refractivity contribution in [2.24, 2.45) is 28.6 Å². The van der Waals surface area contributed by atoms with Gasteiger partial charge in [0.1, 0.15) is 0 Å². The SMILES string of the molecule is CC1(C)C2CCC1(C)C(NCC1CCCCC1CO)C2. The van der Waals surface area contributed by atoms with E-state index in [1.807, 2.05) is 0 Å². The number of hydrogen-bond acceptors (Lipinski definition) is 2. The standard InChI is InChI=1S/C18H33NO/c1-17(2)15-8-9-18(17,3)16(10-15)19-11-13-6-4-5-7-14(13)12-20/h13-16,19-20H,4-12H2,1-3H3. The summed E-state index contributed by atoms with van der Waals surface area (Å²) in [5.41, 5.74) is 0.995. The van der Waals surface area contributed by atoms with Crippen LogP contribution >= 0.6 is 0 Å². The van der Waals surface area contributed by atoms with Crippen LogP contribution in [-0.2, 0) is 0 Å². The maximum Gasteiger partial charge on any atom is 0.0462 e. The first-order valence-corrected chi connectivity index (χ1v) is 8.83. The third-order valence-electron chi connectivity index (χ3n) is 7.72. The van der Waals surface area contributed by atoms with Crippen LogP contribution in [-0.4, -0.2) is 24.3 Å². The van der Waals surface area contributed by atoms with Gasteiger partial charge in [0.25, 0.3) is 0 Å². The van der Waals surface area contributed by atoms with E-state index in [1.54, 1.807) is 0 Å². The lowest BCUT2D eigenvalue weighted by molar-refractivity contribution is 0.101. The van der Waals surface area contributed by atoms with Crippen LogP contribution in [0.1, 0.15) is 65.7 Å². The average Bonchev–Trinajstić information content (AvgIpc) is 2.78. The van der Waals surface area contributed by atoms with Crippen LogP contribution in [0, 0.1) is 28.6 Å². The van der Waals surface area contributed by atoms with Gasteiger partial charge in [0.15, 0.2) is 0 Å². The zero-order valence-electron chi connectivity index (χ0n) is 13.6. The Bertz CT molecular complexity index is 353. The summed E-state index contributed by atoms with van der Waals surface area (Å²) in [6.45, 7) is 9.02. The topological polar surface area (TPSA) is 32.3 Å². The zero-order chi connectivity index (χ0) is 14.4. The minimum atomic E-state index is 0.391. The van der Waals surface area contributed by atoms with Crippen LogP contribution < -0.4 is 5.32 Å². The van der Waals surface area contributed by atoms with Crippen LogP contribution in [0.25, 0.3) is 0 Å². The fourth-order valence-corrected chi connectivity index (χ4v) is 5.60. The molecule has 0 amide bonds. The van der Waals surface area contributed by atoms with E-state index in [0.717, 1.165) is 12.5 Å². The molecular formula is C18H33NO. The highest BCUT2D eigenvalue weighted by Crippen LogP contribution is 2.65. The summed E-state index contributed by atoms with van der Waals surface area (Å²) in [4.78, 5) is 0. The van der Waals surface area contributed by atoms with Crippen molar-refractivity contribution in [1.29, 1.82) is 0 Å². The number of hydrogen-bond donors (Lipinski definition) is 2. The van der Waals surface area contributed by atoms with Gasteiger partial charge in [0.05, 0.1) is 0 Å². The Hall–Kier alpha value is -0.0800. The Morgan fingerprint density at radius 1 is 1.05 bits per heavy atom. The Morgan fingerprint density at radius 2 is 1.75 bits per heavy atom. The summed E-state index contributed by atoms with van der Waals surface area (Å²) >= 11 is 0. The van der Waals surface area contributed by atoms with Gasteiger partial charge in [-0.05, 0) is 67.2 Å². The van der Waals surface area contributed by atoms with Crippen LogP contribution in [0.4, 0.5) is 0 Å². The van der Waals surface area contributed by atoms with Gasteiger partial charge in [-0.1, -0.05) is 33.6 Å². The van der Waals surface area contributed by atoms with E-state index in [9.17, 15) is 5.11 Å². The molecule has 3 saturated carbocycles. The molecular weight excluding hydrogens is 246 g/mol. The van der Waals surface area contributed by atoms with Crippen molar-refractivity contribution in [3.05, 3.63) is 0 Å². The lowest BCUT2D eigenvalue weighted by Crippen LogP contribution is -2.47. The van der Waals surface area contributed by atoms with Crippen molar-refractivity contribution in [3.8, 4) is 0 Å². The summed E-state index contributed by atoms with van der Waals surface area (Å²) in [6.07, 6.45) is 9.44. The Morgan fingerprint density at radius 3 is 2.30 bits per heavy atom. The highest BCUT2D eigenvalue weighted by atomic mass is 16.3. The second-order valence-electron chi connectivity index (χ2n) is 8.56. The molecule has 5 atom stereocenters. The third-order valence-corrected chi connectivity index (χ3v) is 7.72. The van der Waals surface area contributed by atoms with Crippen molar-refractivity contribution in [1.82, 2.24) is 5.32 Å². The Kier molecular flexibility index (Phi) is 3.92. The van der Waals surface area contributed by atoms with E-state index < -0.39 is 0 Å². The molecule has 3 aliphatic carbocycles. The molecule has 0 radical (unpaired) electrons. The van der Waals surface area contributed by atoms with Crippen molar-refractivity contribution in [2.45, 2.75) is 71.8 Å². The number of nitrogens with one attached hydrogen (secondary N) is 1. The Labute approximate surface area is 124 Å². The first-order chi connectivity index (χ1) is 9.49. The quantitative estimate of drug-likeness (QED) is 0.824. The molecule has 3 aliphatic rings. The minimum absolute atomic E-state index is 0.391. The van der Waals surface area contributed by atoms with Crippen LogP contribution in [0.5, 0.6) is 0 Å². The van der Waals surface area contributed by atoms with Crippen LogP contribution in [0.15, 0.2) is 0 Å². The van der Waals surface area contributed by atoms with Crippen LogP contribution in [0.2, 0.25) is 0 Å². The van der Waals surface area contributed by atoms with E-state index >= 15 is 0 Å². The molecule has 0 aromatic rings. The highest BCUT2D eigenvalue weighted by Gasteiger charge is 2.61. The number of rotatable bonds is 4. The first-order valence-electron chi connectivity index (χ1n) is 8.83. The maximum absolute atomic E-state index is 9.56. The fraction of sp³-hybridized carbons (Fsp3) is 1.00. The van der Waals surface area contributed by atoms with Gasteiger partial charge in [0, 0.05) is 12.6 Å². The number of fused-ring (bicyclic) bond motifs is 2. The van der Waals surface area contributed by atoms with Gasteiger partial charge in [-0.25, -0.2) is 0 Å². The highest BCUT2D eigenvalue weighted by molar-refractivity contribution is 5.13. The monoisotopic (exact) mass is 279 g/mol. The molecule has 2 bridgehead atoms. The zero-order valence-corrected chi connectivity index (χ0v) is 13.6. The molecule has 3 rings (SSSR count). The molecule has 0 saturated heterocycles. The molecule has 5 unspecified atom stereocenters. The number of aliphatic hydroxyl groups excluding tert-OH is 1. The summed E-state index contributed by atoms with van der Waals surface area (Å²) in [5.74, 6) is 2.18. The van der Waals surface area contributed by atoms with E-state index in [-0.39, 0.29) is 0 Å². The molecule has 20 heavy (non-hydrogen) atoms. The molecule has 0 aromatic heterocycles. The van der Waals surface area contributed by atoms with Gasteiger partial charge >= 0.3 is 0 Å². The van der Waals surface area contributed by atoms with Gasteiger partial charge < -0.3 is 10.4 Å². The molecule has 0 heterocycles. The molecule has 0 aromatic carbocycles. The fourth-order valence-electron chi connectivity index (χ4n) is 5.60. The third kappa shape index (κ3) is 2.14. The summed E-state index contributed by atoms with van der Waals surface area (Å²) in [6, 6.07) is 0.706. The van der Waals surface area contributed by atoms with Gasteiger partial charge in [0.2, 0.25) is 0 Å². The smallest absolute Gasteiger partial charge is 0.0462 e. The van der Waals surface area contributed by atoms with Crippen molar-refractivity contribution < 1.29 is 5.11 Å². The largest absolute Gasteiger partial charge is 0.396 e. The predicted octanol–water partition coefficient (Wildman–Crippen LogP) is 3.59. The lowest BCUT2D eigenvalue weighted by atomic mass is 9.69. The van der Waals surface area contributed by atoms with Crippen molar-refractivity contribution >= 4 is 0 Å². The molecule has 2 nitrogen and oxygen atoms in total. The van der Waals surface area contributed by atoms with Gasteiger partial charge in [-0.2, -0.15) is 0 Å². The minimum Gasteiger partial charge on any atom is -0.396 e.